The average Bonchev–Trinajstić information content (AvgIpc) is 3.53. The van der Waals surface area contributed by atoms with E-state index < -0.39 is 6.04 Å². The minimum Gasteiger partial charge on any atom is -0.378 e. The summed E-state index contributed by atoms with van der Waals surface area (Å²) in [5.41, 5.74) is 1.38. The largest absolute Gasteiger partial charge is 0.378 e. The molecule has 2 unspecified atom stereocenters. The van der Waals surface area contributed by atoms with E-state index in [0.29, 0.717) is 35.4 Å². The van der Waals surface area contributed by atoms with Gasteiger partial charge < -0.3 is 20.3 Å². The number of nitrogens with one attached hydrogen (secondary N) is 2. The third-order valence-corrected chi connectivity index (χ3v) is 8.59. The monoisotopic (exact) mass is 453 g/mol. The fraction of sp³-hybridized carbons (Fsp3) is 0.680. The van der Waals surface area contributed by atoms with Gasteiger partial charge >= 0.3 is 0 Å². The quantitative estimate of drug-likeness (QED) is 0.676. The van der Waals surface area contributed by atoms with Crippen LogP contribution in [0.1, 0.15) is 24.8 Å². The molecule has 33 heavy (non-hydrogen) atoms. The predicted molar refractivity (Wildman–Crippen MR) is 121 cm³/mol. The molecule has 1 amide bonds. The van der Waals surface area contributed by atoms with Crippen molar-refractivity contribution in [3.63, 3.8) is 0 Å². The molecule has 1 saturated carbocycles. The van der Waals surface area contributed by atoms with E-state index in [9.17, 15) is 14.4 Å². The summed E-state index contributed by atoms with van der Waals surface area (Å²) in [6.07, 6.45) is 3.41. The SMILES string of the molecule is N#C[C@H](Cc1ccc(N2CC3CN(C4COC4)CC3C2)cc1F)NC(=O)[C@H]1N[C@@H]2CC[C@H]1C2. The summed E-state index contributed by atoms with van der Waals surface area (Å²) in [6.45, 7) is 5.85. The second-order valence-electron chi connectivity index (χ2n) is 10.7. The normalized spacial score (nSPS) is 34.2. The van der Waals surface area contributed by atoms with Crippen LogP contribution >= 0.6 is 0 Å². The van der Waals surface area contributed by atoms with Crippen molar-refractivity contribution in [3.05, 3.63) is 29.6 Å². The first-order valence-electron chi connectivity index (χ1n) is 12.4. The van der Waals surface area contributed by atoms with Crippen LogP contribution in [0.5, 0.6) is 0 Å². The number of carbonyl (C=O) groups excluding carboxylic acids is 1. The highest BCUT2D eigenvalue weighted by molar-refractivity contribution is 5.83. The maximum atomic E-state index is 15.0. The van der Waals surface area contributed by atoms with E-state index in [1.807, 2.05) is 6.07 Å². The molecular formula is C25H32FN5O2. The molecule has 4 aliphatic heterocycles. The Morgan fingerprint density at radius 1 is 1.21 bits per heavy atom. The van der Waals surface area contributed by atoms with Crippen LogP contribution in [0.4, 0.5) is 10.1 Å². The van der Waals surface area contributed by atoms with Crippen molar-refractivity contribution in [2.45, 2.75) is 49.9 Å². The molecule has 1 aliphatic carbocycles. The van der Waals surface area contributed by atoms with Crippen molar-refractivity contribution in [2.75, 3.05) is 44.3 Å². The van der Waals surface area contributed by atoms with Gasteiger partial charge in [0.25, 0.3) is 0 Å². The van der Waals surface area contributed by atoms with Crippen LogP contribution in [0.15, 0.2) is 18.2 Å². The van der Waals surface area contributed by atoms with Crippen LogP contribution in [0.3, 0.4) is 0 Å². The van der Waals surface area contributed by atoms with Crippen molar-refractivity contribution in [1.82, 2.24) is 15.5 Å². The molecule has 0 radical (unpaired) electrons. The van der Waals surface area contributed by atoms with Gasteiger partial charge in [0.05, 0.1) is 31.4 Å². The highest BCUT2D eigenvalue weighted by Crippen LogP contribution is 2.37. The molecular weight excluding hydrogens is 421 g/mol. The highest BCUT2D eigenvalue weighted by Gasteiger charge is 2.44. The number of likely N-dealkylation sites (tertiary alicyclic amines) is 1. The Bertz CT molecular complexity index is 949. The number of anilines is 1. The van der Waals surface area contributed by atoms with Gasteiger partial charge in [0, 0.05) is 44.3 Å². The summed E-state index contributed by atoms with van der Waals surface area (Å²) in [4.78, 5) is 17.5. The minimum atomic E-state index is -0.730. The maximum absolute atomic E-state index is 15.0. The summed E-state index contributed by atoms with van der Waals surface area (Å²) in [7, 11) is 0. The summed E-state index contributed by atoms with van der Waals surface area (Å²) < 4.78 is 20.3. The Morgan fingerprint density at radius 2 is 2.00 bits per heavy atom. The fourth-order valence-corrected chi connectivity index (χ4v) is 6.63. The molecule has 0 spiro atoms. The van der Waals surface area contributed by atoms with Crippen LogP contribution in [0, 0.1) is 34.9 Å². The van der Waals surface area contributed by atoms with E-state index in [0.717, 1.165) is 64.3 Å². The summed E-state index contributed by atoms with van der Waals surface area (Å²) in [6, 6.07) is 7.56. The van der Waals surface area contributed by atoms with Gasteiger partial charge in [-0.25, -0.2) is 4.39 Å². The average molecular weight is 454 g/mol. The number of hydrogen-bond donors (Lipinski definition) is 2. The third-order valence-electron chi connectivity index (χ3n) is 8.59. The number of rotatable bonds is 6. The van der Waals surface area contributed by atoms with E-state index in [-0.39, 0.29) is 24.2 Å². The van der Waals surface area contributed by atoms with E-state index in [4.69, 9.17) is 4.74 Å². The topological polar surface area (TPSA) is 80.6 Å². The second-order valence-corrected chi connectivity index (χ2v) is 10.7. The molecule has 5 aliphatic rings. The van der Waals surface area contributed by atoms with Gasteiger partial charge in [-0.3, -0.25) is 9.69 Å². The Morgan fingerprint density at radius 3 is 2.58 bits per heavy atom. The van der Waals surface area contributed by atoms with Crippen LogP contribution in [0.25, 0.3) is 0 Å². The molecule has 176 valence electrons. The Hall–Kier alpha value is -2.21. The first-order chi connectivity index (χ1) is 16.1. The zero-order chi connectivity index (χ0) is 22.5. The summed E-state index contributed by atoms with van der Waals surface area (Å²) in [5.74, 6) is 1.19. The van der Waals surface area contributed by atoms with E-state index in [1.54, 1.807) is 12.1 Å². The van der Waals surface area contributed by atoms with Crippen LogP contribution in [0.2, 0.25) is 0 Å². The Labute approximate surface area is 194 Å². The first-order valence-corrected chi connectivity index (χ1v) is 12.4. The fourth-order valence-electron chi connectivity index (χ4n) is 6.63. The van der Waals surface area contributed by atoms with Gasteiger partial charge in [0.2, 0.25) is 5.91 Å². The lowest BCUT2D eigenvalue weighted by Crippen LogP contribution is -2.50. The van der Waals surface area contributed by atoms with E-state index >= 15 is 0 Å². The van der Waals surface area contributed by atoms with Crippen molar-refractivity contribution >= 4 is 11.6 Å². The van der Waals surface area contributed by atoms with Crippen molar-refractivity contribution in [2.24, 2.45) is 17.8 Å². The van der Waals surface area contributed by atoms with Gasteiger partial charge in [-0.15, -0.1) is 0 Å². The van der Waals surface area contributed by atoms with Crippen molar-refractivity contribution in [3.8, 4) is 6.07 Å². The van der Waals surface area contributed by atoms with Gasteiger partial charge in [-0.05, 0) is 54.7 Å². The Balaban J connectivity index is 1.05. The molecule has 4 heterocycles. The zero-order valence-electron chi connectivity index (χ0n) is 18.9. The standard InChI is InChI=1S/C25H32FN5O2/c26-23-7-21(30-9-17-11-31(12-18(17)10-30)22-13-33-14-22)4-2-15(23)5-20(8-27)29-25(32)24-16-1-3-19(6-16)28-24/h2,4,7,16-20,22,24,28H,1,3,5-6,9-14H2,(H,29,32)/t16-,17?,18?,19+,20-,24-/m0/s1. The maximum Gasteiger partial charge on any atom is 0.238 e. The van der Waals surface area contributed by atoms with Gasteiger partial charge in [0.15, 0.2) is 0 Å². The lowest BCUT2D eigenvalue weighted by atomic mass is 9.98. The second kappa shape index (κ2) is 8.53. The van der Waals surface area contributed by atoms with Gasteiger partial charge in [-0.2, -0.15) is 5.26 Å². The molecule has 6 rings (SSSR count). The Kier molecular flexibility index (Phi) is 5.52. The molecule has 7 nitrogen and oxygen atoms in total. The number of halogens is 1. The minimum absolute atomic E-state index is 0.128. The summed E-state index contributed by atoms with van der Waals surface area (Å²) >= 11 is 0. The highest BCUT2D eigenvalue weighted by atomic mass is 19.1. The number of carbonyl (C=O) groups is 1. The number of ether oxygens (including phenoxy) is 1. The third kappa shape index (κ3) is 4.01. The predicted octanol–water partition coefficient (Wildman–Crippen LogP) is 1.28. The number of nitrogens with zero attached hydrogens (tertiary/aromatic N) is 3. The molecule has 8 heteroatoms. The van der Waals surface area contributed by atoms with E-state index in [2.05, 4.69) is 26.5 Å². The van der Waals surface area contributed by atoms with Crippen LogP contribution < -0.4 is 15.5 Å². The van der Waals surface area contributed by atoms with Gasteiger partial charge in [0.1, 0.15) is 11.9 Å². The molecule has 1 aromatic rings. The molecule has 6 atom stereocenters. The van der Waals surface area contributed by atoms with Gasteiger partial charge in [-0.1, -0.05) is 6.07 Å². The lowest BCUT2D eigenvalue weighted by molar-refractivity contribution is -0.124. The summed E-state index contributed by atoms with van der Waals surface area (Å²) in [5, 5.41) is 15.8. The van der Waals surface area contributed by atoms with Crippen LogP contribution in [-0.4, -0.2) is 74.4 Å². The van der Waals surface area contributed by atoms with Crippen molar-refractivity contribution in [1.29, 1.82) is 5.26 Å². The number of amides is 1. The smallest absolute Gasteiger partial charge is 0.238 e. The lowest BCUT2D eigenvalue weighted by Gasteiger charge is -2.35. The number of hydrogen-bond acceptors (Lipinski definition) is 6. The number of fused-ring (bicyclic) bond motifs is 3. The number of benzene rings is 1. The molecule has 2 bridgehead atoms. The first kappa shape index (κ1) is 21.3. The molecule has 2 N–H and O–H groups in total. The van der Waals surface area contributed by atoms with Crippen LogP contribution in [-0.2, 0) is 16.0 Å². The molecule has 0 aromatic heterocycles. The molecule has 1 aromatic carbocycles. The zero-order valence-corrected chi connectivity index (χ0v) is 18.9. The number of nitriles is 1. The molecule has 5 fully saturated rings. The van der Waals surface area contributed by atoms with E-state index in [1.165, 1.54) is 0 Å². The molecule has 4 saturated heterocycles. The van der Waals surface area contributed by atoms with Crippen molar-refractivity contribution < 1.29 is 13.9 Å². The number of piperidine rings is 1.